The molecule has 1 N–H and O–H groups in total. The van der Waals surface area contributed by atoms with Crippen molar-refractivity contribution >= 4 is 22.9 Å². The van der Waals surface area contributed by atoms with Crippen LogP contribution in [0.5, 0.6) is 11.1 Å². The smallest absolute Gasteiger partial charge is 0.279 e. The van der Waals surface area contributed by atoms with Gasteiger partial charge >= 0.3 is 0 Å². The molecule has 3 aromatic heterocycles. The molecule has 0 unspecified atom stereocenters. The molecule has 0 saturated heterocycles. The Morgan fingerprint density at radius 1 is 1.08 bits per heavy atom. The summed E-state index contributed by atoms with van der Waals surface area (Å²) in [5, 5.41) is 5.15. The quantitative estimate of drug-likeness (QED) is 0.254. The zero-order chi connectivity index (χ0) is 25.9. The third-order valence-corrected chi connectivity index (χ3v) is 6.60. The minimum absolute atomic E-state index is 0.00718. The maximum absolute atomic E-state index is 13.7. The van der Waals surface area contributed by atoms with Gasteiger partial charge in [0, 0.05) is 42.4 Å². The second-order valence-corrected chi connectivity index (χ2v) is 9.71. The minimum Gasteiger partial charge on any atom is -0.412 e. The number of ether oxygens (including phenoxy) is 1. The number of hydrogen-bond donors (Lipinski definition) is 1. The van der Waals surface area contributed by atoms with Crippen molar-refractivity contribution in [1.29, 1.82) is 0 Å². The molecular weight excluding hydrogens is 494 g/mol. The van der Waals surface area contributed by atoms with Gasteiger partial charge in [-0.25, -0.2) is 13.8 Å². The maximum Gasteiger partial charge on any atom is 0.279 e. The fourth-order valence-electron chi connectivity index (χ4n) is 4.34. The minimum atomic E-state index is -0.954. The lowest BCUT2D eigenvalue weighted by molar-refractivity contribution is 0.0943. The Morgan fingerprint density at radius 3 is 2.59 bits per heavy atom. The Morgan fingerprint density at radius 2 is 1.89 bits per heavy atom. The molecule has 0 fully saturated rings. The van der Waals surface area contributed by atoms with E-state index in [1.807, 2.05) is 49.6 Å². The molecule has 6 nitrogen and oxygen atoms in total. The lowest BCUT2D eigenvalue weighted by atomic mass is 9.94. The summed E-state index contributed by atoms with van der Waals surface area (Å²) >= 11 is 1.36. The fourth-order valence-corrected chi connectivity index (χ4v) is 4.83. The van der Waals surface area contributed by atoms with Crippen molar-refractivity contribution in [2.75, 3.05) is 0 Å². The summed E-state index contributed by atoms with van der Waals surface area (Å²) < 4.78 is 34.6. The Bertz CT molecular complexity index is 1550. The highest BCUT2D eigenvalue weighted by Crippen LogP contribution is 2.33. The number of amides is 1. The van der Waals surface area contributed by atoms with Crippen LogP contribution in [0.25, 0.3) is 5.65 Å². The summed E-state index contributed by atoms with van der Waals surface area (Å²) in [5.74, 6) is -1.84. The highest BCUT2D eigenvalue weighted by molar-refractivity contribution is 7.11. The first-order chi connectivity index (χ1) is 17.9. The molecule has 0 aliphatic heterocycles. The number of nitrogens with one attached hydrogen (secondary N) is 1. The molecule has 1 amide bonds. The van der Waals surface area contributed by atoms with E-state index in [0.717, 1.165) is 28.8 Å². The fraction of sp³-hybridized carbons (Fsp3) is 0.179. The van der Waals surface area contributed by atoms with E-state index >= 15 is 0 Å². The zero-order valence-electron chi connectivity index (χ0n) is 20.2. The van der Waals surface area contributed by atoms with E-state index < -0.39 is 11.6 Å². The van der Waals surface area contributed by atoms with Crippen LogP contribution in [0.1, 0.15) is 52.5 Å². The largest absolute Gasteiger partial charge is 0.412 e. The monoisotopic (exact) mass is 518 g/mol. The van der Waals surface area contributed by atoms with Gasteiger partial charge in [-0.1, -0.05) is 61.6 Å². The summed E-state index contributed by atoms with van der Waals surface area (Å²) in [4.78, 5) is 22.5. The first kappa shape index (κ1) is 24.6. The molecule has 188 valence electrons. The van der Waals surface area contributed by atoms with Gasteiger partial charge in [-0.3, -0.25) is 9.20 Å². The number of benzene rings is 2. The van der Waals surface area contributed by atoms with Gasteiger partial charge in [0.2, 0.25) is 5.88 Å². The van der Waals surface area contributed by atoms with E-state index in [9.17, 15) is 13.6 Å². The second kappa shape index (κ2) is 10.5. The molecule has 5 aromatic rings. The van der Waals surface area contributed by atoms with Gasteiger partial charge in [0.15, 0.2) is 11.6 Å². The molecule has 0 bridgehead atoms. The van der Waals surface area contributed by atoms with E-state index in [1.54, 1.807) is 22.9 Å². The lowest BCUT2D eigenvalue weighted by Gasteiger charge is -2.12. The molecule has 2 aromatic carbocycles. The molecule has 9 heteroatoms. The van der Waals surface area contributed by atoms with Crippen LogP contribution in [0, 0.1) is 11.6 Å². The van der Waals surface area contributed by atoms with Crippen LogP contribution >= 0.6 is 11.3 Å². The number of hydrogen-bond acceptors (Lipinski definition) is 5. The van der Waals surface area contributed by atoms with Crippen molar-refractivity contribution in [3.8, 4) is 11.1 Å². The van der Waals surface area contributed by atoms with Gasteiger partial charge in [-0.05, 0) is 34.7 Å². The van der Waals surface area contributed by atoms with Gasteiger partial charge in [-0.15, -0.1) is 0 Å². The number of aromatic nitrogens is 3. The normalized spacial score (nSPS) is 11.3. The third kappa shape index (κ3) is 5.22. The van der Waals surface area contributed by atoms with Crippen LogP contribution in [0.3, 0.4) is 0 Å². The summed E-state index contributed by atoms with van der Waals surface area (Å²) in [7, 11) is 0. The summed E-state index contributed by atoms with van der Waals surface area (Å²) in [5.41, 5.74) is 4.39. The maximum atomic E-state index is 13.7. The molecule has 0 radical (unpaired) electrons. The molecule has 0 spiro atoms. The first-order valence-electron chi connectivity index (χ1n) is 11.8. The average Bonchev–Trinajstić information content (AvgIpc) is 3.51. The van der Waals surface area contributed by atoms with Crippen molar-refractivity contribution < 1.29 is 18.3 Å². The Kier molecular flexibility index (Phi) is 6.96. The molecule has 0 saturated carbocycles. The SMILES string of the molecule is CC(C)c1c(Cc2ccccc2)c2nc(Oc3nccs3)ccn2c1C(=O)NCc1ccc(F)c(F)c1. The van der Waals surface area contributed by atoms with Crippen LogP contribution in [0.4, 0.5) is 8.78 Å². The second-order valence-electron chi connectivity index (χ2n) is 8.85. The average molecular weight is 519 g/mol. The Labute approximate surface area is 216 Å². The topological polar surface area (TPSA) is 68.5 Å². The Balaban J connectivity index is 1.57. The zero-order valence-corrected chi connectivity index (χ0v) is 21.1. The van der Waals surface area contributed by atoms with Crippen molar-refractivity contribution in [3.05, 3.63) is 112 Å². The number of thiazole rings is 1. The number of halogens is 2. The highest BCUT2D eigenvalue weighted by atomic mass is 32.1. The summed E-state index contributed by atoms with van der Waals surface area (Å²) in [6.45, 7) is 4.11. The van der Waals surface area contributed by atoms with Gasteiger partial charge < -0.3 is 10.1 Å². The number of nitrogens with zero attached hydrogens (tertiary/aromatic N) is 3. The summed E-state index contributed by atoms with van der Waals surface area (Å²) in [6, 6.07) is 15.2. The van der Waals surface area contributed by atoms with Crippen molar-refractivity contribution in [2.45, 2.75) is 32.7 Å². The number of rotatable bonds is 8. The molecule has 0 aliphatic carbocycles. The van der Waals surface area contributed by atoms with Crippen LogP contribution in [-0.2, 0) is 13.0 Å². The molecule has 0 atom stereocenters. The molecule has 0 aliphatic rings. The van der Waals surface area contributed by atoms with E-state index in [0.29, 0.717) is 34.4 Å². The number of carbonyl (C=O) groups excluding carboxylic acids is 1. The first-order valence-corrected chi connectivity index (χ1v) is 12.7. The highest BCUT2D eigenvalue weighted by Gasteiger charge is 2.26. The van der Waals surface area contributed by atoms with Crippen molar-refractivity contribution in [2.24, 2.45) is 0 Å². The van der Waals surface area contributed by atoms with E-state index in [4.69, 9.17) is 9.72 Å². The predicted octanol–water partition coefficient (Wildman–Crippen LogP) is 6.51. The van der Waals surface area contributed by atoms with Crippen LogP contribution in [0.15, 0.2) is 72.4 Å². The van der Waals surface area contributed by atoms with Gasteiger partial charge in [-0.2, -0.15) is 4.98 Å². The van der Waals surface area contributed by atoms with Crippen LogP contribution in [-0.4, -0.2) is 20.3 Å². The predicted molar refractivity (Wildman–Crippen MR) is 138 cm³/mol. The van der Waals surface area contributed by atoms with E-state index in [2.05, 4.69) is 10.3 Å². The number of carbonyl (C=O) groups is 1. The van der Waals surface area contributed by atoms with E-state index in [1.165, 1.54) is 17.4 Å². The van der Waals surface area contributed by atoms with Crippen LogP contribution < -0.4 is 10.1 Å². The van der Waals surface area contributed by atoms with Gasteiger partial charge in [0.05, 0.1) is 0 Å². The summed E-state index contributed by atoms with van der Waals surface area (Å²) in [6.07, 6.45) is 3.99. The molecule has 37 heavy (non-hydrogen) atoms. The van der Waals surface area contributed by atoms with E-state index in [-0.39, 0.29) is 18.4 Å². The van der Waals surface area contributed by atoms with Gasteiger partial charge in [0.25, 0.3) is 11.1 Å². The molecule has 3 heterocycles. The van der Waals surface area contributed by atoms with Crippen molar-refractivity contribution in [1.82, 2.24) is 19.7 Å². The van der Waals surface area contributed by atoms with Gasteiger partial charge in [0.1, 0.15) is 11.3 Å². The Hall–Kier alpha value is -4.11. The number of fused-ring (bicyclic) bond motifs is 1. The lowest BCUT2D eigenvalue weighted by Crippen LogP contribution is -2.25. The molecular formula is C28H24F2N4O2S. The standard InChI is InChI=1S/C28H24F2N4O2S/c1-17(2)24-20(14-18-6-4-3-5-7-18)26-33-23(36-28-31-11-13-37-28)10-12-34(26)25(24)27(35)32-16-19-8-9-21(29)22(30)15-19/h3-13,15,17H,14,16H2,1-2H3,(H,32,35). The van der Waals surface area contributed by atoms with Crippen molar-refractivity contribution in [3.63, 3.8) is 0 Å². The third-order valence-electron chi connectivity index (χ3n) is 5.96. The van der Waals surface area contributed by atoms with Crippen LogP contribution in [0.2, 0.25) is 0 Å². The molecule has 5 rings (SSSR count).